The van der Waals surface area contributed by atoms with Gasteiger partial charge in [0.25, 0.3) is 0 Å². The molecular weight excluding hydrogens is 240 g/mol. The van der Waals surface area contributed by atoms with Crippen LogP contribution in [0, 0.1) is 0 Å². The van der Waals surface area contributed by atoms with Gasteiger partial charge < -0.3 is 4.43 Å². The highest BCUT2D eigenvalue weighted by atomic mass is 28.2. The van der Waals surface area contributed by atoms with Crippen LogP contribution in [0.3, 0.4) is 0 Å². The van der Waals surface area contributed by atoms with E-state index in [1.54, 1.807) is 13.0 Å². The summed E-state index contributed by atoms with van der Waals surface area (Å²) in [5.74, 6) is -0.384. The fourth-order valence-electron chi connectivity index (χ4n) is 2.09. The zero-order valence-electron chi connectivity index (χ0n) is 10.1. The van der Waals surface area contributed by atoms with Crippen LogP contribution in [0.25, 0.3) is 10.8 Å². The molecule has 0 aliphatic heterocycles. The molecule has 0 heterocycles. The lowest BCUT2D eigenvalue weighted by molar-refractivity contribution is -0.138. The van der Waals surface area contributed by atoms with E-state index in [0.717, 1.165) is 16.3 Å². The highest BCUT2D eigenvalue weighted by molar-refractivity contribution is 6.08. The third-order valence-corrected chi connectivity index (χ3v) is 3.46. The summed E-state index contributed by atoms with van der Waals surface area (Å²) in [6.45, 7) is 5.56. The quantitative estimate of drug-likeness (QED) is 0.621. The zero-order chi connectivity index (χ0) is 13.2. The largest absolute Gasteiger partial charge is 0.515 e. The molecule has 0 saturated carbocycles. The number of carbonyl (C=O) groups excluding carboxylic acids is 1. The highest BCUT2D eigenvalue weighted by Crippen LogP contribution is 2.32. The smallest absolute Gasteiger partial charge is 0.345 e. The van der Waals surface area contributed by atoms with E-state index in [9.17, 15) is 4.79 Å². The molecule has 1 unspecified atom stereocenters. The van der Waals surface area contributed by atoms with E-state index in [-0.39, 0.29) is 5.97 Å². The zero-order valence-corrected chi connectivity index (χ0v) is 11.1. The summed E-state index contributed by atoms with van der Waals surface area (Å²) in [5.41, 5.74) is 0.0154. The summed E-state index contributed by atoms with van der Waals surface area (Å²) in [6, 6.07) is 13.8. The normalized spacial score (nSPS) is 13.9. The summed E-state index contributed by atoms with van der Waals surface area (Å²) in [4.78, 5) is 12.0. The number of carbonyl (C=O) groups is 1. The molecule has 0 fully saturated rings. The maximum absolute atomic E-state index is 12.0. The first-order chi connectivity index (χ1) is 8.63. The molecule has 0 aromatic heterocycles. The van der Waals surface area contributed by atoms with Crippen LogP contribution in [0.4, 0.5) is 0 Å². The Balaban J connectivity index is 2.73. The third kappa shape index (κ3) is 1.87. The van der Waals surface area contributed by atoms with Crippen LogP contribution in [-0.4, -0.2) is 16.5 Å². The Kier molecular flexibility index (Phi) is 3.34. The third-order valence-electron chi connectivity index (χ3n) is 3.27. The van der Waals surface area contributed by atoms with Gasteiger partial charge in [-0.1, -0.05) is 48.5 Å². The van der Waals surface area contributed by atoms with Gasteiger partial charge >= 0.3 is 16.5 Å². The van der Waals surface area contributed by atoms with Crippen LogP contribution in [0.5, 0.6) is 0 Å². The van der Waals surface area contributed by atoms with E-state index in [1.807, 2.05) is 42.5 Å². The monoisotopic (exact) mass is 253 g/mol. The lowest BCUT2D eigenvalue weighted by Crippen LogP contribution is -2.31. The molecule has 0 aliphatic carbocycles. The molecule has 0 amide bonds. The lowest BCUT2D eigenvalue weighted by atomic mass is 9.80. The van der Waals surface area contributed by atoms with Gasteiger partial charge in [-0.15, -0.1) is 6.58 Å². The Bertz CT molecular complexity index is 601. The van der Waals surface area contributed by atoms with E-state index in [0.29, 0.717) is 0 Å². The van der Waals surface area contributed by atoms with Crippen LogP contribution >= 0.6 is 0 Å². The second-order valence-electron chi connectivity index (χ2n) is 4.32. The summed E-state index contributed by atoms with van der Waals surface area (Å²) < 4.78 is 4.70. The minimum Gasteiger partial charge on any atom is -0.515 e. The number of rotatable bonds is 3. The van der Waals surface area contributed by atoms with Crippen molar-refractivity contribution in [3.8, 4) is 0 Å². The van der Waals surface area contributed by atoms with Crippen LogP contribution < -0.4 is 0 Å². The van der Waals surface area contributed by atoms with E-state index in [2.05, 4.69) is 17.1 Å². The molecule has 3 heteroatoms. The van der Waals surface area contributed by atoms with Gasteiger partial charge in [0.15, 0.2) is 0 Å². The Morgan fingerprint density at radius 3 is 2.61 bits per heavy atom. The van der Waals surface area contributed by atoms with E-state index in [4.69, 9.17) is 4.43 Å². The second kappa shape index (κ2) is 4.78. The summed E-state index contributed by atoms with van der Waals surface area (Å²) in [7, 11) is 2.81. The molecule has 89 valence electrons. The first-order valence-corrected chi connectivity index (χ1v) is 6.04. The van der Waals surface area contributed by atoms with Gasteiger partial charge in [0.1, 0.15) is 5.41 Å². The van der Waals surface area contributed by atoms with Gasteiger partial charge in [0.05, 0.1) is 0 Å². The molecule has 18 heavy (non-hydrogen) atoms. The number of hydrogen-bond donors (Lipinski definition) is 0. The first kappa shape index (κ1) is 12.6. The number of benzene rings is 2. The maximum atomic E-state index is 12.0. The van der Waals surface area contributed by atoms with E-state index >= 15 is 0 Å². The van der Waals surface area contributed by atoms with Crippen molar-refractivity contribution >= 4 is 27.2 Å². The molecule has 0 bridgehead atoms. The molecule has 2 rings (SSSR count). The molecule has 3 radical (unpaired) electrons. The molecular formula is C15H13O2Si. The average Bonchev–Trinajstić information content (AvgIpc) is 2.45. The van der Waals surface area contributed by atoms with E-state index in [1.165, 1.54) is 0 Å². The molecule has 0 aliphatic rings. The summed E-state index contributed by atoms with van der Waals surface area (Å²) in [5, 5.41) is 2.12. The fraction of sp³-hybridized carbons (Fsp3) is 0.133. The predicted octanol–water partition coefficient (Wildman–Crippen LogP) is 2.91. The molecule has 0 saturated heterocycles. The van der Waals surface area contributed by atoms with Gasteiger partial charge in [0.2, 0.25) is 0 Å². The Morgan fingerprint density at radius 1 is 1.28 bits per heavy atom. The highest BCUT2D eigenvalue weighted by Gasteiger charge is 2.34. The Morgan fingerprint density at radius 2 is 1.94 bits per heavy atom. The Labute approximate surface area is 110 Å². The van der Waals surface area contributed by atoms with Crippen molar-refractivity contribution < 1.29 is 9.22 Å². The summed E-state index contributed by atoms with van der Waals surface area (Å²) >= 11 is 0. The molecule has 0 spiro atoms. The summed E-state index contributed by atoms with van der Waals surface area (Å²) in [6.07, 6.45) is 1.61. The molecule has 2 aromatic carbocycles. The van der Waals surface area contributed by atoms with Crippen LogP contribution in [0.1, 0.15) is 12.5 Å². The minimum absolute atomic E-state index is 0.384. The van der Waals surface area contributed by atoms with Gasteiger partial charge in [0, 0.05) is 0 Å². The maximum Gasteiger partial charge on any atom is 0.345 e. The van der Waals surface area contributed by atoms with Crippen molar-refractivity contribution in [1.82, 2.24) is 0 Å². The van der Waals surface area contributed by atoms with Crippen LogP contribution in [-0.2, 0) is 14.6 Å². The van der Waals surface area contributed by atoms with Crippen molar-refractivity contribution in [2.45, 2.75) is 12.3 Å². The number of hydrogen-bond acceptors (Lipinski definition) is 2. The molecule has 2 nitrogen and oxygen atoms in total. The SMILES string of the molecule is C=CC(C)(C(=O)O[Si])c1cccc2ccccc12. The van der Waals surface area contributed by atoms with Crippen molar-refractivity contribution in [2.75, 3.05) is 0 Å². The van der Waals surface area contributed by atoms with Gasteiger partial charge in [-0.2, -0.15) is 0 Å². The Hall–Kier alpha value is -1.87. The predicted molar refractivity (Wildman–Crippen MR) is 73.3 cm³/mol. The lowest BCUT2D eigenvalue weighted by Gasteiger charge is -2.25. The molecule has 2 aromatic rings. The van der Waals surface area contributed by atoms with Crippen molar-refractivity contribution in [2.24, 2.45) is 0 Å². The van der Waals surface area contributed by atoms with Gasteiger partial charge in [-0.25, -0.2) is 0 Å². The van der Waals surface area contributed by atoms with Crippen molar-refractivity contribution in [3.63, 3.8) is 0 Å². The topological polar surface area (TPSA) is 26.3 Å². The minimum atomic E-state index is -0.872. The van der Waals surface area contributed by atoms with Crippen LogP contribution in [0.2, 0.25) is 0 Å². The van der Waals surface area contributed by atoms with Gasteiger partial charge in [-0.05, 0) is 23.3 Å². The first-order valence-electron chi connectivity index (χ1n) is 5.63. The number of fused-ring (bicyclic) bond motifs is 1. The second-order valence-corrected chi connectivity index (χ2v) is 4.53. The average molecular weight is 253 g/mol. The standard InChI is InChI=1S/C15H13O2Si/c1-3-15(2,14(16)17-18)13-10-6-8-11-7-4-5-9-12(11)13/h3-10H,1H2,2H3. The molecule has 1 atom stereocenters. The van der Waals surface area contributed by atoms with E-state index < -0.39 is 5.41 Å². The van der Waals surface area contributed by atoms with Crippen molar-refractivity contribution in [3.05, 3.63) is 60.7 Å². The van der Waals surface area contributed by atoms with Crippen molar-refractivity contribution in [1.29, 1.82) is 0 Å². The molecule has 0 N–H and O–H groups in total. The van der Waals surface area contributed by atoms with Gasteiger partial charge in [-0.3, -0.25) is 4.79 Å². The van der Waals surface area contributed by atoms with Crippen LogP contribution in [0.15, 0.2) is 55.1 Å². The fourth-order valence-corrected chi connectivity index (χ4v) is 2.30.